The number of aromatic nitrogens is 3. The molecular formula is C27H26N6O4S. The van der Waals surface area contributed by atoms with Crippen LogP contribution in [0.4, 0.5) is 5.95 Å². The normalized spacial score (nSPS) is 12.3. The van der Waals surface area contributed by atoms with E-state index in [4.69, 9.17) is 18.6 Å². The van der Waals surface area contributed by atoms with Gasteiger partial charge in [-0.1, -0.05) is 12.1 Å². The number of rotatable bonds is 10. The number of para-hydroxylation sites is 1. The van der Waals surface area contributed by atoms with Gasteiger partial charge in [0.05, 0.1) is 48.8 Å². The number of furan rings is 1. The Morgan fingerprint density at radius 1 is 1.00 bits per heavy atom. The van der Waals surface area contributed by atoms with Gasteiger partial charge in [0, 0.05) is 7.11 Å². The molecule has 0 fully saturated rings. The maximum absolute atomic E-state index is 9.65. The van der Waals surface area contributed by atoms with E-state index in [-0.39, 0.29) is 5.25 Å². The topological polar surface area (TPSA) is 131 Å². The number of benzene rings is 2. The summed E-state index contributed by atoms with van der Waals surface area (Å²) in [7, 11) is 4.74. The fourth-order valence-electron chi connectivity index (χ4n) is 4.08. The molecule has 11 heteroatoms. The quantitative estimate of drug-likeness (QED) is 0.265. The molecule has 10 nitrogen and oxygen atoms in total. The molecule has 4 aromatic rings. The van der Waals surface area contributed by atoms with Crippen molar-refractivity contribution in [2.45, 2.75) is 25.2 Å². The summed E-state index contributed by atoms with van der Waals surface area (Å²) in [6.07, 6.45) is -0.445. The molecule has 0 saturated heterocycles. The highest BCUT2D eigenvalue weighted by Crippen LogP contribution is 2.39. The van der Waals surface area contributed by atoms with Crippen LogP contribution in [0.5, 0.6) is 11.5 Å². The standard InChI is InChI=1S/C27H26N6O4S/c1-16-9-12-23(37-16)26-30-31-27(33(26)24-21(34-3)7-6-8-22(24)35-4)32-38-17(2)25(36-5)20-11-10-18(14-28)13-19(20)15-29/h6-13,17,25H,1-5H3,(H,31,32). The van der Waals surface area contributed by atoms with Gasteiger partial charge in [0.25, 0.3) is 0 Å². The lowest BCUT2D eigenvalue weighted by atomic mass is 9.99. The molecule has 194 valence electrons. The Kier molecular flexibility index (Phi) is 8.22. The highest BCUT2D eigenvalue weighted by atomic mass is 32.2. The third-order valence-electron chi connectivity index (χ3n) is 5.87. The smallest absolute Gasteiger partial charge is 0.239 e. The second kappa shape index (κ2) is 11.7. The Bertz CT molecular complexity index is 1490. The zero-order valence-corrected chi connectivity index (χ0v) is 22.4. The second-order valence-electron chi connectivity index (χ2n) is 8.21. The molecule has 2 atom stereocenters. The van der Waals surface area contributed by atoms with Crippen LogP contribution in [0.3, 0.4) is 0 Å². The maximum atomic E-state index is 9.65. The van der Waals surface area contributed by atoms with E-state index in [1.54, 1.807) is 44.1 Å². The van der Waals surface area contributed by atoms with Gasteiger partial charge >= 0.3 is 0 Å². The van der Waals surface area contributed by atoms with Crippen molar-refractivity contribution in [1.29, 1.82) is 10.5 Å². The van der Waals surface area contributed by atoms with Crippen LogP contribution >= 0.6 is 11.9 Å². The van der Waals surface area contributed by atoms with E-state index < -0.39 is 6.10 Å². The van der Waals surface area contributed by atoms with Gasteiger partial charge in [0.15, 0.2) is 5.76 Å². The lowest BCUT2D eigenvalue weighted by Crippen LogP contribution is -2.18. The van der Waals surface area contributed by atoms with Crippen molar-refractivity contribution < 1.29 is 18.6 Å². The molecule has 2 aromatic heterocycles. The van der Waals surface area contributed by atoms with Crippen molar-refractivity contribution in [2.24, 2.45) is 0 Å². The predicted molar refractivity (Wildman–Crippen MR) is 143 cm³/mol. The fraction of sp³-hybridized carbons (Fsp3) is 0.259. The number of methoxy groups -OCH3 is 3. The molecule has 0 radical (unpaired) electrons. The first-order valence-electron chi connectivity index (χ1n) is 11.6. The first-order valence-corrected chi connectivity index (χ1v) is 12.5. The van der Waals surface area contributed by atoms with E-state index in [1.165, 1.54) is 11.9 Å². The number of nitriles is 2. The monoisotopic (exact) mass is 530 g/mol. The van der Waals surface area contributed by atoms with Crippen LogP contribution in [0.1, 0.15) is 35.5 Å². The zero-order valence-electron chi connectivity index (χ0n) is 21.6. The van der Waals surface area contributed by atoms with Gasteiger partial charge in [-0.3, -0.25) is 9.29 Å². The summed E-state index contributed by atoms with van der Waals surface area (Å²) < 4.78 is 28.0. The minimum Gasteiger partial charge on any atom is -0.494 e. The third-order valence-corrected chi connectivity index (χ3v) is 6.79. The minimum atomic E-state index is -0.445. The highest BCUT2D eigenvalue weighted by molar-refractivity contribution is 8.01. The van der Waals surface area contributed by atoms with Crippen molar-refractivity contribution in [2.75, 3.05) is 26.1 Å². The Morgan fingerprint density at radius 2 is 1.74 bits per heavy atom. The fourth-order valence-corrected chi connectivity index (χ4v) is 4.88. The summed E-state index contributed by atoms with van der Waals surface area (Å²) in [5, 5.41) is 27.5. The Labute approximate surface area is 224 Å². The predicted octanol–water partition coefficient (Wildman–Crippen LogP) is 5.43. The molecule has 38 heavy (non-hydrogen) atoms. The SMILES string of the molecule is COc1cccc(OC)c1-n1c(NSC(C)C(OC)c2ccc(C#N)cc2C#N)nnc1-c1ccc(C)o1. The molecule has 0 saturated carbocycles. The molecule has 0 aliphatic carbocycles. The number of anilines is 1. The van der Waals surface area contributed by atoms with Crippen molar-refractivity contribution in [3.63, 3.8) is 0 Å². The molecule has 2 heterocycles. The third kappa shape index (κ3) is 5.16. The van der Waals surface area contributed by atoms with Crippen LogP contribution in [-0.4, -0.2) is 41.3 Å². The first-order chi connectivity index (χ1) is 18.4. The molecular weight excluding hydrogens is 504 g/mol. The van der Waals surface area contributed by atoms with E-state index in [0.717, 1.165) is 5.76 Å². The molecule has 4 rings (SSSR count). The van der Waals surface area contributed by atoms with Crippen molar-refractivity contribution in [3.8, 4) is 40.9 Å². The van der Waals surface area contributed by atoms with Gasteiger partial charge in [0.2, 0.25) is 11.8 Å². The molecule has 0 spiro atoms. The van der Waals surface area contributed by atoms with Gasteiger partial charge in [-0.25, -0.2) is 0 Å². The number of aryl methyl sites for hydroxylation is 1. The van der Waals surface area contributed by atoms with E-state index in [2.05, 4.69) is 27.1 Å². The minimum absolute atomic E-state index is 0.181. The number of hydrogen-bond donors (Lipinski definition) is 1. The molecule has 0 amide bonds. The molecule has 1 N–H and O–H groups in total. The maximum Gasteiger partial charge on any atom is 0.239 e. The number of ether oxygens (including phenoxy) is 3. The summed E-state index contributed by atoms with van der Waals surface area (Å²) >= 11 is 1.35. The van der Waals surface area contributed by atoms with Crippen LogP contribution in [0.15, 0.2) is 52.9 Å². The highest BCUT2D eigenvalue weighted by Gasteiger charge is 2.27. The van der Waals surface area contributed by atoms with Gasteiger partial charge in [0.1, 0.15) is 22.9 Å². The molecule has 0 aliphatic rings. The van der Waals surface area contributed by atoms with Gasteiger partial charge in [-0.15, -0.1) is 10.2 Å². The molecule has 0 bridgehead atoms. The van der Waals surface area contributed by atoms with E-state index in [9.17, 15) is 10.5 Å². The molecule has 2 unspecified atom stereocenters. The average molecular weight is 531 g/mol. The van der Waals surface area contributed by atoms with Crippen LogP contribution in [0.2, 0.25) is 0 Å². The molecule has 2 aromatic carbocycles. The second-order valence-corrected chi connectivity index (χ2v) is 9.39. The summed E-state index contributed by atoms with van der Waals surface area (Å²) in [5.41, 5.74) is 2.10. The number of nitrogens with zero attached hydrogens (tertiary/aromatic N) is 5. The average Bonchev–Trinajstić information content (AvgIpc) is 3.57. The van der Waals surface area contributed by atoms with Crippen LogP contribution in [0.25, 0.3) is 17.3 Å². The van der Waals surface area contributed by atoms with Crippen molar-refractivity contribution in [3.05, 3.63) is 71.0 Å². The van der Waals surface area contributed by atoms with E-state index >= 15 is 0 Å². The van der Waals surface area contributed by atoms with Gasteiger partial charge < -0.3 is 18.6 Å². The number of hydrogen-bond acceptors (Lipinski definition) is 10. The first kappa shape index (κ1) is 26.6. The van der Waals surface area contributed by atoms with Crippen molar-refractivity contribution >= 4 is 17.9 Å². The van der Waals surface area contributed by atoms with Gasteiger partial charge in [-0.05, 0) is 67.8 Å². The molecule has 0 aliphatic heterocycles. The summed E-state index contributed by atoms with van der Waals surface area (Å²) in [6.45, 7) is 3.82. The van der Waals surface area contributed by atoms with E-state index in [0.29, 0.717) is 51.4 Å². The van der Waals surface area contributed by atoms with Crippen molar-refractivity contribution in [1.82, 2.24) is 14.8 Å². The van der Waals surface area contributed by atoms with E-state index in [1.807, 2.05) is 44.2 Å². The zero-order chi connectivity index (χ0) is 27.2. The lowest BCUT2D eigenvalue weighted by molar-refractivity contribution is 0.104. The van der Waals surface area contributed by atoms with Gasteiger partial charge in [-0.2, -0.15) is 10.5 Å². The Balaban J connectivity index is 1.72. The summed E-state index contributed by atoms with van der Waals surface area (Å²) in [5.74, 6) is 3.24. The summed E-state index contributed by atoms with van der Waals surface area (Å²) in [6, 6.07) is 18.4. The van der Waals surface area contributed by atoms with Crippen LogP contribution in [-0.2, 0) is 4.74 Å². The lowest BCUT2D eigenvalue weighted by Gasteiger charge is -2.24. The van der Waals surface area contributed by atoms with Crippen LogP contribution in [0, 0.1) is 29.6 Å². The Hall–Kier alpha value is -4.45. The summed E-state index contributed by atoms with van der Waals surface area (Å²) in [4.78, 5) is 0. The van der Waals surface area contributed by atoms with Crippen LogP contribution < -0.4 is 14.2 Å². The largest absolute Gasteiger partial charge is 0.494 e. The Morgan fingerprint density at radius 3 is 2.32 bits per heavy atom. The number of nitrogens with one attached hydrogen (secondary N) is 1.